The Kier molecular flexibility index (Phi) is 6.55. The first-order valence-corrected chi connectivity index (χ1v) is 11.9. The average molecular weight is 498 g/mol. The van der Waals surface area contributed by atoms with E-state index in [1.54, 1.807) is 60.3 Å². The Labute approximate surface area is 201 Å². The molecule has 11 heteroatoms. The van der Waals surface area contributed by atoms with Crippen LogP contribution in [0.4, 0.5) is 16.2 Å². The summed E-state index contributed by atoms with van der Waals surface area (Å²) >= 11 is 5.90. The predicted molar refractivity (Wildman–Crippen MR) is 131 cm³/mol. The van der Waals surface area contributed by atoms with Gasteiger partial charge >= 0.3 is 6.03 Å². The third-order valence-corrected chi connectivity index (χ3v) is 6.07. The molecular weight excluding hydrogens is 478 g/mol. The van der Waals surface area contributed by atoms with Crippen molar-refractivity contribution in [2.45, 2.75) is 4.90 Å². The number of anilines is 2. The van der Waals surface area contributed by atoms with E-state index in [-0.39, 0.29) is 4.90 Å². The summed E-state index contributed by atoms with van der Waals surface area (Å²) in [5, 5.41) is 15.7. The van der Waals surface area contributed by atoms with Crippen LogP contribution in [0.5, 0.6) is 5.75 Å². The third kappa shape index (κ3) is 5.20. The summed E-state index contributed by atoms with van der Waals surface area (Å²) in [7, 11) is -2.26. The fraction of sp³-hybridized carbons (Fsp3) is 0.0435. The van der Waals surface area contributed by atoms with Crippen molar-refractivity contribution in [1.29, 1.82) is 0 Å². The molecule has 174 valence electrons. The van der Waals surface area contributed by atoms with E-state index < -0.39 is 16.1 Å². The van der Waals surface area contributed by atoms with Gasteiger partial charge in [0.15, 0.2) is 0 Å². The highest BCUT2D eigenvalue weighted by atomic mass is 35.5. The van der Waals surface area contributed by atoms with Crippen LogP contribution < -0.4 is 20.5 Å². The minimum absolute atomic E-state index is 0.0184. The SMILES string of the molecule is COc1ccc(-c2c(NC(=O)Nc3ccc(Cl)cc3)cnn2-c2ccc(S(N)(=O)=O)cc2)cc1. The molecule has 34 heavy (non-hydrogen) atoms. The molecule has 3 aromatic carbocycles. The molecule has 0 fully saturated rings. The largest absolute Gasteiger partial charge is 0.497 e. The molecular formula is C23H20ClN5O4S. The lowest BCUT2D eigenvalue weighted by Gasteiger charge is -2.12. The minimum Gasteiger partial charge on any atom is -0.497 e. The van der Waals surface area contributed by atoms with Crippen LogP contribution in [0.2, 0.25) is 5.02 Å². The number of primary sulfonamides is 1. The summed E-state index contributed by atoms with van der Waals surface area (Å²) in [5.41, 5.74) is 2.91. The number of hydrogen-bond donors (Lipinski definition) is 3. The zero-order valence-electron chi connectivity index (χ0n) is 17.9. The molecule has 4 aromatic rings. The van der Waals surface area contributed by atoms with Crippen LogP contribution in [0.1, 0.15) is 0 Å². The number of carbonyl (C=O) groups is 1. The first-order chi connectivity index (χ1) is 16.2. The molecule has 1 aromatic heterocycles. The number of urea groups is 1. The van der Waals surface area contributed by atoms with Gasteiger partial charge in [0.2, 0.25) is 10.0 Å². The van der Waals surface area contributed by atoms with Crippen molar-refractivity contribution in [2.24, 2.45) is 5.14 Å². The lowest BCUT2D eigenvalue weighted by molar-refractivity contribution is 0.262. The fourth-order valence-corrected chi connectivity index (χ4v) is 3.90. The van der Waals surface area contributed by atoms with E-state index in [0.29, 0.717) is 33.5 Å². The second kappa shape index (κ2) is 9.56. The number of amides is 2. The molecule has 0 radical (unpaired) electrons. The number of carbonyl (C=O) groups excluding carboxylic acids is 1. The molecule has 4 N–H and O–H groups in total. The maximum Gasteiger partial charge on any atom is 0.323 e. The smallest absolute Gasteiger partial charge is 0.323 e. The van der Waals surface area contributed by atoms with Gasteiger partial charge in [0.05, 0.1) is 35.3 Å². The van der Waals surface area contributed by atoms with Gasteiger partial charge in [0, 0.05) is 16.3 Å². The summed E-state index contributed by atoms with van der Waals surface area (Å²) in [6.07, 6.45) is 1.51. The van der Waals surface area contributed by atoms with Crippen LogP contribution in [0.3, 0.4) is 0 Å². The van der Waals surface area contributed by atoms with Crippen molar-refractivity contribution in [2.75, 3.05) is 17.7 Å². The molecule has 0 aliphatic rings. The number of hydrogen-bond acceptors (Lipinski definition) is 5. The highest BCUT2D eigenvalue weighted by Gasteiger charge is 2.18. The first kappa shape index (κ1) is 23.3. The highest BCUT2D eigenvalue weighted by molar-refractivity contribution is 7.89. The molecule has 0 atom stereocenters. The Hall–Kier alpha value is -3.86. The van der Waals surface area contributed by atoms with Crippen LogP contribution in [0.15, 0.2) is 83.9 Å². The van der Waals surface area contributed by atoms with E-state index in [1.165, 1.54) is 18.3 Å². The lowest BCUT2D eigenvalue weighted by atomic mass is 10.1. The van der Waals surface area contributed by atoms with Gasteiger partial charge in [-0.3, -0.25) is 0 Å². The number of sulfonamides is 1. The number of nitrogens with one attached hydrogen (secondary N) is 2. The van der Waals surface area contributed by atoms with Crippen molar-refractivity contribution in [3.63, 3.8) is 0 Å². The molecule has 0 saturated heterocycles. The number of aromatic nitrogens is 2. The van der Waals surface area contributed by atoms with Gasteiger partial charge in [-0.25, -0.2) is 23.0 Å². The van der Waals surface area contributed by atoms with Gasteiger partial charge in [-0.15, -0.1) is 0 Å². The molecule has 9 nitrogen and oxygen atoms in total. The quantitative estimate of drug-likeness (QED) is 0.361. The summed E-state index contributed by atoms with van der Waals surface area (Å²) in [6.45, 7) is 0. The van der Waals surface area contributed by atoms with E-state index >= 15 is 0 Å². The van der Waals surface area contributed by atoms with Gasteiger partial charge in [-0.1, -0.05) is 11.6 Å². The molecule has 2 amide bonds. The van der Waals surface area contributed by atoms with E-state index in [4.69, 9.17) is 21.5 Å². The fourth-order valence-electron chi connectivity index (χ4n) is 3.26. The monoisotopic (exact) mass is 497 g/mol. The maximum absolute atomic E-state index is 12.7. The van der Waals surface area contributed by atoms with E-state index in [1.807, 2.05) is 12.1 Å². The molecule has 0 aliphatic carbocycles. The molecule has 0 unspecified atom stereocenters. The predicted octanol–water partition coefficient (Wildman–Crippen LogP) is 4.49. The minimum atomic E-state index is -3.83. The van der Waals surface area contributed by atoms with Gasteiger partial charge in [0.1, 0.15) is 5.75 Å². The van der Waals surface area contributed by atoms with Crippen LogP contribution in [-0.4, -0.2) is 31.3 Å². The zero-order chi connectivity index (χ0) is 24.3. The van der Waals surface area contributed by atoms with Crippen molar-refractivity contribution in [3.8, 4) is 22.7 Å². The summed E-state index contributed by atoms with van der Waals surface area (Å²) in [4.78, 5) is 12.6. The number of nitrogens with two attached hydrogens (primary N) is 1. The average Bonchev–Trinajstić information content (AvgIpc) is 3.23. The summed E-state index contributed by atoms with van der Waals surface area (Å²) < 4.78 is 30.0. The van der Waals surface area contributed by atoms with Gasteiger partial charge in [0.25, 0.3) is 0 Å². The molecule has 4 rings (SSSR count). The standard InChI is InChI=1S/C23H20ClN5O4S/c1-33-19-10-2-15(3-11-19)22-21(28-23(30)27-17-6-4-16(24)5-7-17)14-26-29(22)18-8-12-20(13-9-18)34(25,31)32/h2-14H,1H3,(H2,25,31,32)(H2,27,28,30). The number of methoxy groups -OCH3 is 1. The van der Waals surface area contributed by atoms with Crippen molar-refractivity contribution in [1.82, 2.24) is 9.78 Å². The Morgan fingerprint density at radius 3 is 2.21 bits per heavy atom. The van der Waals surface area contributed by atoms with Crippen molar-refractivity contribution >= 4 is 39.0 Å². The Balaban J connectivity index is 1.70. The Bertz CT molecular complexity index is 1420. The third-order valence-electron chi connectivity index (χ3n) is 4.89. The van der Waals surface area contributed by atoms with Gasteiger partial charge < -0.3 is 15.4 Å². The van der Waals surface area contributed by atoms with E-state index in [2.05, 4.69) is 15.7 Å². The van der Waals surface area contributed by atoms with Crippen LogP contribution in [0, 0.1) is 0 Å². The van der Waals surface area contributed by atoms with Gasteiger partial charge in [-0.05, 0) is 72.8 Å². The second-order valence-corrected chi connectivity index (χ2v) is 9.17. The zero-order valence-corrected chi connectivity index (χ0v) is 19.5. The topological polar surface area (TPSA) is 128 Å². The number of nitrogens with zero attached hydrogens (tertiary/aromatic N) is 2. The van der Waals surface area contributed by atoms with Crippen LogP contribution in [-0.2, 0) is 10.0 Å². The maximum atomic E-state index is 12.7. The van der Waals surface area contributed by atoms with Crippen LogP contribution >= 0.6 is 11.6 Å². The number of ether oxygens (including phenoxy) is 1. The van der Waals surface area contributed by atoms with Crippen molar-refractivity contribution < 1.29 is 17.9 Å². The highest BCUT2D eigenvalue weighted by Crippen LogP contribution is 2.32. The molecule has 0 bridgehead atoms. The summed E-state index contributed by atoms with van der Waals surface area (Å²) in [5.74, 6) is 0.669. The molecule has 0 aliphatic heterocycles. The molecule has 1 heterocycles. The number of halogens is 1. The first-order valence-electron chi connectivity index (χ1n) is 9.94. The number of rotatable bonds is 6. The molecule has 0 saturated carbocycles. The molecule has 0 spiro atoms. The van der Waals surface area contributed by atoms with Crippen LogP contribution in [0.25, 0.3) is 16.9 Å². The van der Waals surface area contributed by atoms with E-state index in [9.17, 15) is 13.2 Å². The van der Waals surface area contributed by atoms with Gasteiger partial charge in [-0.2, -0.15) is 5.10 Å². The Morgan fingerprint density at radius 2 is 1.62 bits per heavy atom. The van der Waals surface area contributed by atoms with Crippen molar-refractivity contribution in [3.05, 3.63) is 84.0 Å². The Morgan fingerprint density at radius 1 is 0.971 bits per heavy atom. The van der Waals surface area contributed by atoms with E-state index in [0.717, 1.165) is 5.56 Å². The normalized spacial score (nSPS) is 11.1. The summed E-state index contributed by atoms with van der Waals surface area (Å²) in [6, 6.07) is 19.4. The number of benzene rings is 3. The lowest BCUT2D eigenvalue weighted by Crippen LogP contribution is -2.19. The second-order valence-electron chi connectivity index (χ2n) is 7.17.